The summed E-state index contributed by atoms with van der Waals surface area (Å²) in [6, 6.07) is 8.97. The van der Waals surface area contributed by atoms with Crippen LogP contribution in [0.5, 0.6) is 0 Å². The van der Waals surface area contributed by atoms with E-state index >= 15 is 0 Å². The number of tetrazole rings is 1. The van der Waals surface area contributed by atoms with Crippen molar-refractivity contribution in [2.45, 2.75) is 12.1 Å². The van der Waals surface area contributed by atoms with Crippen molar-refractivity contribution in [3.63, 3.8) is 0 Å². The van der Waals surface area contributed by atoms with E-state index < -0.39 is 11.6 Å². The average molecular weight is 312 g/mol. The number of carbonyl (C=O) groups excluding carboxylic acids is 1. The summed E-state index contributed by atoms with van der Waals surface area (Å²) in [5, 5.41) is 20.2. The Labute approximate surface area is 131 Å². The Hall–Kier alpha value is -3.25. The summed E-state index contributed by atoms with van der Waals surface area (Å²) < 4.78 is 4.83. The van der Waals surface area contributed by atoms with Gasteiger partial charge in [0.15, 0.2) is 6.33 Å². The molecule has 1 unspecified atom stereocenters. The summed E-state index contributed by atoms with van der Waals surface area (Å²) in [7, 11) is 1.27. The van der Waals surface area contributed by atoms with E-state index in [9.17, 15) is 4.79 Å². The molecule has 1 aromatic heterocycles. The summed E-state index contributed by atoms with van der Waals surface area (Å²) in [6.45, 7) is -0.00584. The molecule has 9 heteroatoms. The smallest absolute Gasteiger partial charge is 0.347 e. The molecule has 0 fully saturated rings. The Morgan fingerprint density at radius 2 is 2.43 bits per heavy atom. The van der Waals surface area contributed by atoms with E-state index in [-0.39, 0.29) is 6.54 Å². The van der Waals surface area contributed by atoms with Crippen LogP contribution >= 0.6 is 0 Å². The minimum absolute atomic E-state index is 0.00584. The van der Waals surface area contributed by atoms with Gasteiger partial charge in [0.25, 0.3) is 0 Å². The van der Waals surface area contributed by atoms with Gasteiger partial charge in [0.05, 0.1) is 24.4 Å². The van der Waals surface area contributed by atoms with Gasteiger partial charge in [-0.2, -0.15) is 10.1 Å². The molecule has 1 N–H and O–H groups in total. The van der Waals surface area contributed by atoms with Crippen LogP contribution in [0.15, 0.2) is 36.7 Å². The number of esters is 1. The van der Waals surface area contributed by atoms with E-state index in [0.717, 1.165) is 0 Å². The summed E-state index contributed by atoms with van der Waals surface area (Å²) >= 11 is 0. The van der Waals surface area contributed by atoms with Crippen molar-refractivity contribution in [1.29, 1.82) is 5.26 Å². The molecule has 1 atom stereocenters. The number of hydrogen-bond acceptors (Lipinski definition) is 8. The third-order valence-corrected chi connectivity index (χ3v) is 3.32. The first-order valence-corrected chi connectivity index (χ1v) is 6.63. The van der Waals surface area contributed by atoms with Gasteiger partial charge < -0.3 is 4.74 Å². The lowest BCUT2D eigenvalue weighted by Crippen LogP contribution is -2.44. The number of methoxy groups -OCH3 is 1. The Morgan fingerprint density at radius 1 is 1.57 bits per heavy atom. The first kappa shape index (κ1) is 14.7. The zero-order valence-electron chi connectivity index (χ0n) is 12.1. The maximum Gasteiger partial charge on any atom is 0.347 e. The van der Waals surface area contributed by atoms with E-state index in [1.54, 1.807) is 30.3 Å². The van der Waals surface area contributed by atoms with E-state index in [1.807, 2.05) is 0 Å². The lowest BCUT2D eigenvalue weighted by atomic mass is 10.0. The largest absolute Gasteiger partial charge is 0.466 e. The Balaban J connectivity index is 1.97. The molecular formula is C14H12N6O3. The molecule has 0 aliphatic carbocycles. The van der Waals surface area contributed by atoms with Crippen molar-refractivity contribution >= 4 is 11.7 Å². The van der Waals surface area contributed by atoms with Crippen LogP contribution in [0.1, 0.15) is 11.1 Å². The van der Waals surface area contributed by atoms with Crippen LogP contribution in [0.3, 0.4) is 0 Å². The molecule has 0 amide bonds. The number of benzene rings is 1. The highest BCUT2D eigenvalue weighted by atomic mass is 16.7. The van der Waals surface area contributed by atoms with Gasteiger partial charge in [-0.25, -0.2) is 4.79 Å². The fraction of sp³-hybridized carbons (Fsp3) is 0.214. The Kier molecular flexibility index (Phi) is 3.74. The molecular weight excluding hydrogens is 300 g/mol. The predicted molar refractivity (Wildman–Crippen MR) is 75.9 cm³/mol. The van der Waals surface area contributed by atoms with Crippen molar-refractivity contribution in [3.05, 3.63) is 47.8 Å². The fourth-order valence-corrected chi connectivity index (χ4v) is 2.22. The molecule has 1 aromatic carbocycles. The fourth-order valence-electron chi connectivity index (χ4n) is 2.22. The normalized spacial score (nSPS) is 19.6. The standard InChI is InChI=1S/C14H12N6O3/c1-22-13(21)14(8-20-17-9-16-19-20)6-12(18-23-14)11-4-2-3-10(5-11)7-15/h2-6,9,18H,8H2,1H3. The second-order valence-corrected chi connectivity index (χ2v) is 4.80. The quantitative estimate of drug-likeness (QED) is 0.786. The van der Waals surface area contributed by atoms with Crippen molar-refractivity contribution in [3.8, 4) is 6.07 Å². The van der Waals surface area contributed by atoms with E-state index in [1.165, 1.54) is 18.2 Å². The monoisotopic (exact) mass is 312 g/mol. The molecule has 1 aliphatic heterocycles. The maximum atomic E-state index is 12.2. The number of aromatic nitrogens is 4. The van der Waals surface area contributed by atoms with Gasteiger partial charge in [-0.1, -0.05) is 12.1 Å². The van der Waals surface area contributed by atoms with Crippen LogP contribution in [0.4, 0.5) is 0 Å². The van der Waals surface area contributed by atoms with Gasteiger partial charge in [-0.05, 0) is 23.4 Å². The molecule has 116 valence electrons. The second-order valence-electron chi connectivity index (χ2n) is 4.80. The number of carbonyl (C=O) groups is 1. The average Bonchev–Trinajstić information content (AvgIpc) is 3.25. The lowest BCUT2D eigenvalue weighted by Gasteiger charge is -2.21. The number of hydrogen-bond donors (Lipinski definition) is 1. The highest BCUT2D eigenvalue weighted by molar-refractivity contribution is 5.86. The molecule has 0 spiro atoms. The first-order chi connectivity index (χ1) is 11.2. The minimum atomic E-state index is -1.42. The zero-order chi connectivity index (χ0) is 16.3. The summed E-state index contributed by atoms with van der Waals surface area (Å²) in [5.41, 5.74) is 3.04. The Morgan fingerprint density at radius 3 is 3.13 bits per heavy atom. The van der Waals surface area contributed by atoms with Crippen LogP contribution in [-0.2, 0) is 20.9 Å². The van der Waals surface area contributed by atoms with Crippen LogP contribution in [0.2, 0.25) is 0 Å². The molecule has 23 heavy (non-hydrogen) atoms. The van der Waals surface area contributed by atoms with Gasteiger partial charge in [0.1, 0.15) is 6.54 Å². The van der Waals surface area contributed by atoms with Gasteiger partial charge in [-0.3, -0.25) is 10.3 Å². The van der Waals surface area contributed by atoms with Gasteiger partial charge in [-0.15, -0.1) is 10.2 Å². The number of hydroxylamine groups is 1. The molecule has 2 aromatic rings. The van der Waals surface area contributed by atoms with Crippen LogP contribution in [0.25, 0.3) is 5.70 Å². The van der Waals surface area contributed by atoms with Gasteiger partial charge in [0.2, 0.25) is 5.60 Å². The van der Waals surface area contributed by atoms with E-state index in [2.05, 4.69) is 27.0 Å². The summed E-state index contributed by atoms with van der Waals surface area (Å²) in [5.74, 6) is -0.603. The molecule has 0 saturated heterocycles. The summed E-state index contributed by atoms with van der Waals surface area (Å²) in [6.07, 6.45) is 2.84. The molecule has 0 saturated carbocycles. The topological polar surface area (TPSA) is 115 Å². The third kappa shape index (κ3) is 2.75. The SMILES string of the molecule is COC(=O)C1(Cn2ncnn2)C=C(c2cccc(C#N)c2)NO1. The molecule has 9 nitrogen and oxygen atoms in total. The van der Waals surface area contributed by atoms with Gasteiger partial charge in [0, 0.05) is 5.56 Å². The molecule has 1 aliphatic rings. The second kappa shape index (κ2) is 5.86. The van der Waals surface area contributed by atoms with Crippen molar-refractivity contribution in [2.24, 2.45) is 0 Å². The van der Waals surface area contributed by atoms with E-state index in [4.69, 9.17) is 14.8 Å². The van der Waals surface area contributed by atoms with E-state index in [0.29, 0.717) is 16.8 Å². The van der Waals surface area contributed by atoms with Crippen LogP contribution in [-0.4, -0.2) is 38.9 Å². The van der Waals surface area contributed by atoms with Crippen molar-refractivity contribution < 1.29 is 14.4 Å². The summed E-state index contributed by atoms with van der Waals surface area (Å²) in [4.78, 5) is 18.9. The van der Waals surface area contributed by atoms with Crippen molar-refractivity contribution in [1.82, 2.24) is 25.7 Å². The molecule has 0 radical (unpaired) electrons. The molecule has 3 rings (SSSR count). The predicted octanol–water partition coefficient (Wildman–Crippen LogP) is 0.0325. The highest BCUT2D eigenvalue weighted by Crippen LogP contribution is 2.28. The molecule has 0 bridgehead atoms. The number of rotatable bonds is 4. The Bertz CT molecular complexity index is 795. The third-order valence-electron chi connectivity index (χ3n) is 3.32. The first-order valence-electron chi connectivity index (χ1n) is 6.63. The lowest BCUT2D eigenvalue weighted by molar-refractivity contribution is -0.168. The van der Waals surface area contributed by atoms with Crippen LogP contribution < -0.4 is 5.48 Å². The number of ether oxygens (including phenoxy) is 1. The zero-order valence-corrected chi connectivity index (χ0v) is 12.1. The maximum absolute atomic E-state index is 12.2. The van der Waals surface area contributed by atoms with Crippen molar-refractivity contribution in [2.75, 3.05) is 7.11 Å². The highest BCUT2D eigenvalue weighted by Gasteiger charge is 2.45. The number of nitrogens with zero attached hydrogens (tertiary/aromatic N) is 5. The minimum Gasteiger partial charge on any atom is -0.466 e. The van der Waals surface area contributed by atoms with Gasteiger partial charge >= 0.3 is 5.97 Å². The number of nitrogens with one attached hydrogen (secondary N) is 1. The number of nitriles is 1. The molecule has 2 heterocycles. The van der Waals surface area contributed by atoms with Crippen LogP contribution in [0, 0.1) is 11.3 Å².